The van der Waals surface area contributed by atoms with E-state index in [0.717, 1.165) is 12.0 Å². The van der Waals surface area contributed by atoms with Crippen molar-refractivity contribution in [3.8, 4) is 5.75 Å². The Bertz CT molecular complexity index is 370. The number of aromatic hydroxyl groups is 1. The highest BCUT2D eigenvalue weighted by Crippen LogP contribution is 2.35. The Morgan fingerprint density at radius 2 is 2.21 bits per heavy atom. The van der Waals surface area contributed by atoms with Gasteiger partial charge < -0.3 is 10.8 Å². The van der Waals surface area contributed by atoms with Crippen molar-refractivity contribution in [2.24, 2.45) is 11.7 Å². The van der Waals surface area contributed by atoms with Crippen molar-refractivity contribution < 1.29 is 9.90 Å². The normalized spacial score (nSPS) is 15.4. The third-order valence-corrected chi connectivity index (χ3v) is 2.59. The Morgan fingerprint density at radius 1 is 1.50 bits per heavy atom. The Kier molecular flexibility index (Phi) is 2.15. The van der Waals surface area contributed by atoms with Crippen molar-refractivity contribution in [2.45, 2.75) is 19.3 Å². The fourth-order valence-corrected chi connectivity index (χ4v) is 1.59. The van der Waals surface area contributed by atoms with E-state index in [1.54, 1.807) is 12.1 Å². The molecule has 0 aromatic heterocycles. The van der Waals surface area contributed by atoms with Gasteiger partial charge in [0.25, 0.3) is 5.91 Å². The average Bonchev–Trinajstić information content (AvgIpc) is 2.92. The van der Waals surface area contributed by atoms with Gasteiger partial charge in [-0.1, -0.05) is 12.1 Å². The SMILES string of the molecule is NC(=O)c1cccc(CC2CC2)c1O. The summed E-state index contributed by atoms with van der Waals surface area (Å²) in [5, 5.41) is 9.74. The van der Waals surface area contributed by atoms with Crippen molar-refractivity contribution in [1.82, 2.24) is 0 Å². The monoisotopic (exact) mass is 191 g/mol. The predicted octanol–water partition coefficient (Wildman–Crippen LogP) is 1.44. The van der Waals surface area contributed by atoms with E-state index in [1.165, 1.54) is 12.8 Å². The summed E-state index contributed by atoms with van der Waals surface area (Å²) in [6, 6.07) is 5.16. The molecule has 3 N–H and O–H groups in total. The number of phenols is 1. The molecule has 1 aliphatic carbocycles. The van der Waals surface area contributed by atoms with Gasteiger partial charge >= 0.3 is 0 Å². The molecule has 0 heterocycles. The Balaban J connectivity index is 2.30. The van der Waals surface area contributed by atoms with Gasteiger partial charge in [-0.3, -0.25) is 4.79 Å². The number of hydrogen-bond acceptors (Lipinski definition) is 2. The topological polar surface area (TPSA) is 63.3 Å². The third kappa shape index (κ3) is 1.71. The van der Waals surface area contributed by atoms with Crippen molar-refractivity contribution in [3.05, 3.63) is 29.3 Å². The number of carbonyl (C=O) groups is 1. The fourth-order valence-electron chi connectivity index (χ4n) is 1.59. The second kappa shape index (κ2) is 3.33. The average molecular weight is 191 g/mol. The van der Waals surface area contributed by atoms with Crippen molar-refractivity contribution in [2.75, 3.05) is 0 Å². The van der Waals surface area contributed by atoms with E-state index in [0.29, 0.717) is 5.92 Å². The molecule has 14 heavy (non-hydrogen) atoms. The number of benzene rings is 1. The molecular formula is C11H13NO2. The van der Waals surface area contributed by atoms with Crippen molar-refractivity contribution in [3.63, 3.8) is 0 Å². The smallest absolute Gasteiger partial charge is 0.252 e. The number of carbonyl (C=O) groups excluding carboxylic acids is 1. The Labute approximate surface area is 82.5 Å². The van der Waals surface area contributed by atoms with Gasteiger partial charge in [-0.15, -0.1) is 0 Å². The van der Waals surface area contributed by atoms with Gasteiger partial charge in [0, 0.05) is 0 Å². The summed E-state index contributed by atoms with van der Waals surface area (Å²) >= 11 is 0. The number of nitrogens with two attached hydrogens (primary N) is 1. The second-order valence-electron chi connectivity index (χ2n) is 3.83. The van der Waals surface area contributed by atoms with Crippen LogP contribution in [0.4, 0.5) is 0 Å². The van der Waals surface area contributed by atoms with E-state index in [-0.39, 0.29) is 11.3 Å². The number of primary amides is 1. The molecule has 1 amide bonds. The van der Waals surface area contributed by atoms with Gasteiger partial charge in [-0.2, -0.15) is 0 Å². The van der Waals surface area contributed by atoms with E-state index >= 15 is 0 Å². The van der Waals surface area contributed by atoms with Crippen LogP contribution in [0.3, 0.4) is 0 Å². The molecule has 1 fully saturated rings. The van der Waals surface area contributed by atoms with Gasteiger partial charge in [-0.25, -0.2) is 0 Å². The highest BCUT2D eigenvalue weighted by Gasteiger charge is 2.23. The highest BCUT2D eigenvalue weighted by molar-refractivity contribution is 5.95. The van der Waals surface area contributed by atoms with E-state index < -0.39 is 5.91 Å². The summed E-state index contributed by atoms with van der Waals surface area (Å²) in [5.41, 5.74) is 6.19. The van der Waals surface area contributed by atoms with Crippen LogP contribution in [0.15, 0.2) is 18.2 Å². The largest absolute Gasteiger partial charge is 0.507 e. The lowest BCUT2D eigenvalue weighted by molar-refractivity contribution is 0.0997. The summed E-state index contributed by atoms with van der Waals surface area (Å²) in [7, 11) is 0. The minimum Gasteiger partial charge on any atom is -0.507 e. The van der Waals surface area contributed by atoms with Crippen molar-refractivity contribution >= 4 is 5.91 Å². The molecule has 0 aliphatic heterocycles. The van der Waals surface area contributed by atoms with Crippen LogP contribution in [-0.4, -0.2) is 11.0 Å². The first-order valence-corrected chi connectivity index (χ1v) is 4.79. The standard InChI is InChI=1S/C11H13NO2/c12-11(14)9-3-1-2-8(10(9)13)6-7-4-5-7/h1-3,7,13H,4-6H2,(H2,12,14). The van der Waals surface area contributed by atoms with Crippen LogP contribution in [-0.2, 0) is 6.42 Å². The van der Waals surface area contributed by atoms with Crippen LogP contribution in [0.5, 0.6) is 5.75 Å². The maximum absolute atomic E-state index is 10.9. The molecule has 3 heteroatoms. The van der Waals surface area contributed by atoms with Crippen LogP contribution in [0.1, 0.15) is 28.8 Å². The fraction of sp³-hybridized carbons (Fsp3) is 0.364. The summed E-state index contributed by atoms with van der Waals surface area (Å²) in [6.45, 7) is 0. The molecule has 1 aromatic carbocycles. The maximum atomic E-state index is 10.9. The zero-order chi connectivity index (χ0) is 10.1. The predicted molar refractivity (Wildman–Crippen MR) is 53.1 cm³/mol. The molecule has 2 rings (SSSR count). The summed E-state index contributed by atoms with van der Waals surface area (Å²) in [6.07, 6.45) is 3.30. The van der Waals surface area contributed by atoms with Gasteiger partial charge in [0.05, 0.1) is 5.56 Å². The van der Waals surface area contributed by atoms with Crippen molar-refractivity contribution in [1.29, 1.82) is 0 Å². The minimum absolute atomic E-state index is 0.0619. The molecular weight excluding hydrogens is 178 g/mol. The van der Waals surface area contributed by atoms with Gasteiger partial charge in [-0.05, 0) is 36.8 Å². The van der Waals surface area contributed by atoms with E-state index in [4.69, 9.17) is 5.73 Å². The van der Waals surface area contributed by atoms with Gasteiger partial charge in [0.1, 0.15) is 5.75 Å². The molecule has 0 saturated heterocycles. The summed E-state index contributed by atoms with van der Waals surface area (Å²) in [5.74, 6) is 0.177. The Morgan fingerprint density at radius 3 is 2.79 bits per heavy atom. The number of hydrogen-bond donors (Lipinski definition) is 2. The molecule has 0 spiro atoms. The minimum atomic E-state index is -0.569. The van der Waals surface area contributed by atoms with Crippen LogP contribution >= 0.6 is 0 Å². The summed E-state index contributed by atoms with van der Waals surface area (Å²) < 4.78 is 0. The number of rotatable bonds is 3. The molecule has 3 nitrogen and oxygen atoms in total. The lowest BCUT2D eigenvalue weighted by Gasteiger charge is -2.06. The molecule has 0 atom stereocenters. The molecule has 1 aromatic rings. The Hall–Kier alpha value is -1.51. The quantitative estimate of drug-likeness (QED) is 0.759. The van der Waals surface area contributed by atoms with Gasteiger partial charge in [0.2, 0.25) is 0 Å². The molecule has 0 bridgehead atoms. The van der Waals surface area contributed by atoms with Gasteiger partial charge in [0.15, 0.2) is 0 Å². The number of para-hydroxylation sites is 1. The zero-order valence-electron chi connectivity index (χ0n) is 7.86. The van der Waals surface area contributed by atoms with Crippen LogP contribution in [0, 0.1) is 5.92 Å². The first-order valence-electron chi connectivity index (χ1n) is 4.79. The second-order valence-corrected chi connectivity index (χ2v) is 3.83. The number of amides is 1. The molecule has 0 unspecified atom stereocenters. The van der Waals surface area contributed by atoms with E-state index in [9.17, 15) is 9.90 Å². The molecule has 0 radical (unpaired) electrons. The molecule has 74 valence electrons. The van der Waals surface area contributed by atoms with E-state index in [2.05, 4.69) is 0 Å². The van der Waals surface area contributed by atoms with E-state index in [1.807, 2.05) is 6.07 Å². The molecule has 1 aliphatic rings. The maximum Gasteiger partial charge on any atom is 0.252 e. The van der Waals surface area contributed by atoms with Crippen LogP contribution < -0.4 is 5.73 Å². The lowest BCUT2D eigenvalue weighted by atomic mass is 10.0. The summed E-state index contributed by atoms with van der Waals surface area (Å²) in [4.78, 5) is 10.9. The molecule has 1 saturated carbocycles. The first kappa shape index (κ1) is 9.06. The zero-order valence-corrected chi connectivity index (χ0v) is 7.86. The van der Waals surface area contributed by atoms with Crippen LogP contribution in [0.25, 0.3) is 0 Å². The van der Waals surface area contributed by atoms with Crippen LogP contribution in [0.2, 0.25) is 0 Å². The highest BCUT2D eigenvalue weighted by atomic mass is 16.3. The third-order valence-electron chi connectivity index (χ3n) is 2.59. The first-order chi connectivity index (χ1) is 6.68. The lowest BCUT2D eigenvalue weighted by Crippen LogP contribution is -2.11.